The summed E-state index contributed by atoms with van der Waals surface area (Å²) < 4.78 is 5.14. The van der Waals surface area contributed by atoms with E-state index in [1.165, 1.54) is 7.11 Å². The van der Waals surface area contributed by atoms with Crippen molar-refractivity contribution in [1.29, 1.82) is 0 Å². The van der Waals surface area contributed by atoms with Crippen LogP contribution in [0.15, 0.2) is 43.4 Å². The van der Waals surface area contributed by atoms with Gasteiger partial charge >= 0.3 is 11.4 Å². The van der Waals surface area contributed by atoms with Crippen LogP contribution in [0.1, 0.15) is 0 Å². The second kappa shape index (κ2) is 6.16. The lowest BCUT2D eigenvalue weighted by atomic mass is 10.0. The van der Waals surface area contributed by atoms with Crippen molar-refractivity contribution in [2.75, 3.05) is 12.8 Å². The Kier molecular flexibility index (Phi) is 3.77. The van der Waals surface area contributed by atoms with Crippen LogP contribution >= 0.6 is 0 Å². The van der Waals surface area contributed by atoms with E-state index >= 15 is 0 Å². The molecule has 0 fully saturated rings. The van der Waals surface area contributed by atoms with E-state index in [9.17, 15) is 19.2 Å². The first-order valence-corrected chi connectivity index (χ1v) is 8.04. The second-order valence-corrected chi connectivity index (χ2v) is 5.96. The molecule has 4 rings (SSSR count). The van der Waals surface area contributed by atoms with Crippen LogP contribution in [-0.2, 0) is 0 Å². The van der Waals surface area contributed by atoms with Crippen LogP contribution in [0.5, 0.6) is 5.75 Å². The molecule has 0 unspecified atom stereocenters. The average Bonchev–Trinajstić information content (AvgIpc) is 3.00. The highest BCUT2D eigenvalue weighted by molar-refractivity contribution is 6.03. The van der Waals surface area contributed by atoms with E-state index in [0.29, 0.717) is 17.0 Å². The highest BCUT2D eigenvalue weighted by atomic mass is 16.5. The zero-order valence-corrected chi connectivity index (χ0v) is 14.4. The Morgan fingerprint density at radius 1 is 0.786 bits per heavy atom. The third-order valence-corrected chi connectivity index (χ3v) is 4.29. The number of benzene rings is 1. The van der Waals surface area contributed by atoms with E-state index in [1.807, 2.05) is 0 Å². The molecular formula is C17H14N6O5. The summed E-state index contributed by atoms with van der Waals surface area (Å²) in [5, 5.41) is 0.0228. The number of anilines is 1. The third-order valence-electron chi connectivity index (χ3n) is 4.29. The number of hydrogen-bond donors (Lipinski definition) is 6. The Morgan fingerprint density at radius 2 is 1.43 bits per heavy atom. The van der Waals surface area contributed by atoms with Gasteiger partial charge in [-0.05, 0) is 29.8 Å². The van der Waals surface area contributed by atoms with Crippen LogP contribution in [0.3, 0.4) is 0 Å². The highest BCUT2D eigenvalue weighted by Gasteiger charge is 2.23. The van der Waals surface area contributed by atoms with Gasteiger partial charge in [0.1, 0.15) is 17.2 Å². The average molecular weight is 382 g/mol. The van der Waals surface area contributed by atoms with Crippen LogP contribution in [0, 0.1) is 0 Å². The first kappa shape index (κ1) is 17.1. The van der Waals surface area contributed by atoms with Gasteiger partial charge in [-0.1, -0.05) is 0 Å². The number of rotatable bonds is 3. The van der Waals surface area contributed by atoms with Crippen molar-refractivity contribution < 1.29 is 4.74 Å². The quantitative estimate of drug-likeness (QED) is 0.286. The summed E-state index contributed by atoms with van der Waals surface area (Å²) in [7, 11) is 1.52. The smallest absolute Gasteiger partial charge is 0.327 e. The summed E-state index contributed by atoms with van der Waals surface area (Å²) in [5.74, 6) is 0.393. The van der Waals surface area contributed by atoms with Crippen molar-refractivity contribution in [2.24, 2.45) is 0 Å². The second-order valence-electron chi connectivity index (χ2n) is 5.96. The summed E-state index contributed by atoms with van der Waals surface area (Å²) in [6.45, 7) is 0. The van der Waals surface area contributed by atoms with E-state index < -0.39 is 22.5 Å². The molecule has 0 aliphatic rings. The van der Waals surface area contributed by atoms with Gasteiger partial charge in [-0.25, -0.2) is 9.59 Å². The molecule has 1 aromatic carbocycles. The molecule has 142 valence electrons. The number of methoxy groups -OCH3 is 1. The van der Waals surface area contributed by atoms with E-state index in [4.69, 9.17) is 10.5 Å². The minimum atomic E-state index is -0.778. The molecule has 4 aromatic rings. The minimum Gasteiger partial charge on any atom is -0.497 e. The normalized spacial score (nSPS) is 11.0. The van der Waals surface area contributed by atoms with Gasteiger partial charge < -0.3 is 15.5 Å². The zero-order chi connectivity index (χ0) is 20.0. The third kappa shape index (κ3) is 2.61. The number of H-pyrrole nitrogens is 5. The van der Waals surface area contributed by atoms with Crippen molar-refractivity contribution in [2.45, 2.75) is 0 Å². The van der Waals surface area contributed by atoms with E-state index in [-0.39, 0.29) is 28.0 Å². The predicted molar refractivity (Wildman–Crippen MR) is 103 cm³/mol. The molecule has 0 aliphatic heterocycles. The molecule has 0 saturated heterocycles. The highest BCUT2D eigenvalue weighted by Crippen LogP contribution is 2.36. The molecule has 0 aliphatic carbocycles. The van der Waals surface area contributed by atoms with Gasteiger partial charge in [0.2, 0.25) is 0 Å². The van der Waals surface area contributed by atoms with Crippen LogP contribution in [-0.4, -0.2) is 32.0 Å². The number of nitrogen functional groups attached to an aromatic ring is 1. The van der Waals surface area contributed by atoms with Crippen LogP contribution in [0.2, 0.25) is 0 Å². The number of aromatic amines is 5. The predicted octanol–water partition coefficient (Wildman–Crippen LogP) is -0.154. The number of nitrogens with two attached hydrogens (primary N) is 1. The molecule has 0 atom stereocenters. The van der Waals surface area contributed by atoms with Crippen molar-refractivity contribution in [3.05, 3.63) is 65.9 Å². The molecule has 0 bridgehead atoms. The first-order valence-electron chi connectivity index (χ1n) is 8.04. The maximum absolute atomic E-state index is 12.5. The summed E-state index contributed by atoms with van der Waals surface area (Å²) in [5.41, 5.74) is 4.01. The van der Waals surface area contributed by atoms with Gasteiger partial charge in [0.15, 0.2) is 0 Å². The monoisotopic (exact) mass is 382 g/mol. The molecule has 0 radical (unpaired) electrons. The van der Waals surface area contributed by atoms with Gasteiger partial charge in [0.05, 0.1) is 23.8 Å². The van der Waals surface area contributed by atoms with Crippen molar-refractivity contribution in [3.63, 3.8) is 0 Å². The fourth-order valence-corrected chi connectivity index (χ4v) is 3.11. The molecule has 28 heavy (non-hydrogen) atoms. The lowest BCUT2D eigenvalue weighted by Crippen LogP contribution is -2.26. The lowest BCUT2D eigenvalue weighted by molar-refractivity contribution is 0.415. The van der Waals surface area contributed by atoms with Crippen molar-refractivity contribution >= 4 is 16.9 Å². The van der Waals surface area contributed by atoms with Gasteiger partial charge in [-0.2, -0.15) is 0 Å². The summed E-state index contributed by atoms with van der Waals surface area (Å²) >= 11 is 0. The SMILES string of the molecule is COc1ccc(-c2[nH]c3[nH]c(=O)[nH]c(=O)c3c2-c2c(N)[nH]c(=O)[nH]c2=O)cc1. The molecule has 0 spiro atoms. The fraction of sp³-hybridized carbons (Fsp3) is 0.0588. The van der Waals surface area contributed by atoms with E-state index in [2.05, 4.69) is 24.9 Å². The van der Waals surface area contributed by atoms with Gasteiger partial charge in [-0.3, -0.25) is 29.5 Å². The van der Waals surface area contributed by atoms with Crippen LogP contribution in [0.4, 0.5) is 5.82 Å². The number of aromatic nitrogens is 5. The number of nitrogens with one attached hydrogen (secondary N) is 5. The van der Waals surface area contributed by atoms with E-state index in [0.717, 1.165) is 0 Å². The Balaban J connectivity index is 2.17. The minimum absolute atomic E-state index is 0.0228. The molecule has 0 saturated carbocycles. The topological polar surface area (TPSA) is 182 Å². The maximum atomic E-state index is 12.5. The van der Waals surface area contributed by atoms with Crippen LogP contribution < -0.4 is 33.0 Å². The Morgan fingerprint density at radius 3 is 2.07 bits per heavy atom. The number of fused-ring (bicyclic) bond motifs is 1. The Hall–Kier alpha value is -4.28. The standard InChI is InChI=1S/C17H14N6O5/c1-28-7-4-2-6(3-5-7)11-8(9-12(18)20-16(26)22-14(9)24)10-13(19-11)21-17(27)23-15(10)25/h2-5H,1H3,(H4,18,20,22,24,26)(H3,19,21,23,25,27). The summed E-state index contributed by atoms with van der Waals surface area (Å²) in [4.78, 5) is 60.1. The fourth-order valence-electron chi connectivity index (χ4n) is 3.11. The zero-order valence-electron chi connectivity index (χ0n) is 14.4. The molecule has 7 N–H and O–H groups in total. The largest absolute Gasteiger partial charge is 0.497 e. The Labute approximate surface area is 154 Å². The molecule has 3 aromatic heterocycles. The molecule has 0 amide bonds. The first-order chi connectivity index (χ1) is 13.4. The van der Waals surface area contributed by atoms with Gasteiger partial charge in [0.25, 0.3) is 11.1 Å². The number of hydrogen-bond acceptors (Lipinski definition) is 6. The molecule has 11 nitrogen and oxygen atoms in total. The maximum Gasteiger partial charge on any atom is 0.327 e. The Bertz CT molecular complexity index is 1430. The molecular weight excluding hydrogens is 368 g/mol. The van der Waals surface area contributed by atoms with Gasteiger partial charge in [-0.15, -0.1) is 0 Å². The lowest BCUT2D eigenvalue weighted by Gasteiger charge is -2.07. The van der Waals surface area contributed by atoms with Crippen LogP contribution in [0.25, 0.3) is 33.4 Å². The van der Waals surface area contributed by atoms with Crippen molar-refractivity contribution in [1.82, 2.24) is 24.9 Å². The van der Waals surface area contributed by atoms with E-state index in [1.54, 1.807) is 24.3 Å². The summed E-state index contributed by atoms with van der Waals surface area (Å²) in [6, 6.07) is 6.79. The summed E-state index contributed by atoms with van der Waals surface area (Å²) in [6.07, 6.45) is 0. The molecule has 3 heterocycles. The molecule has 11 heteroatoms. The van der Waals surface area contributed by atoms with Gasteiger partial charge in [0, 0.05) is 5.56 Å². The number of ether oxygens (including phenoxy) is 1. The van der Waals surface area contributed by atoms with Crippen molar-refractivity contribution in [3.8, 4) is 28.1 Å².